The third kappa shape index (κ3) is 3.47. The Morgan fingerprint density at radius 3 is 2.93 bits per heavy atom. The highest BCUT2D eigenvalue weighted by Crippen LogP contribution is 2.44. The SMILES string of the molecule is CCCC1=C(C(=O)OCC)C(c2cccc3c2OCC=C3)/C(=C/N)C(N)=N1. The van der Waals surface area contributed by atoms with E-state index >= 15 is 0 Å². The van der Waals surface area contributed by atoms with Crippen LogP contribution in [0.15, 0.2) is 52.3 Å². The third-order valence-electron chi connectivity index (χ3n) is 4.63. The first-order valence-corrected chi connectivity index (χ1v) is 9.21. The molecule has 4 N–H and O–H groups in total. The van der Waals surface area contributed by atoms with Gasteiger partial charge in [-0.05, 0) is 19.4 Å². The van der Waals surface area contributed by atoms with Crippen LogP contribution in [0.2, 0.25) is 0 Å². The molecule has 1 aromatic rings. The van der Waals surface area contributed by atoms with Crippen molar-refractivity contribution in [1.82, 2.24) is 0 Å². The molecule has 3 rings (SSSR count). The van der Waals surface area contributed by atoms with Crippen molar-refractivity contribution in [2.24, 2.45) is 16.5 Å². The van der Waals surface area contributed by atoms with Crippen molar-refractivity contribution in [2.45, 2.75) is 32.6 Å². The van der Waals surface area contributed by atoms with E-state index in [0.29, 0.717) is 35.7 Å². The Labute approximate surface area is 159 Å². The largest absolute Gasteiger partial charge is 0.489 e. The molecule has 1 unspecified atom stereocenters. The lowest BCUT2D eigenvalue weighted by Crippen LogP contribution is -2.30. The van der Waals surface area contributed by atoms with Crippen LogP contribution in [0.3, 0.4) is 0 Å². The zero-order valence-corrected chi connectivity index (χ0v) is 15.7. The van der Waals surface area contributed by atoms with E-state index in [-0.39, 0.29) is 6.61 Å². The first kappa shape index (κ1) is 18.8. The van der Waals surface area contributed by atoms with Crippen LogP contribution < -0.4 is 16.2 Å². The van der Waals surface area contributed by atoms with Gasteiger partial charge in [0.1, 0.15) is 18.2 Å². The molecular weight excluding hydrogens is 342 g/mol. The van der Waals surface area contributed by atoms with Gasteiger partial charge in [-0.15, -0.1) is 0 Å². The number of para-hydroxylation sites is 1. The Kier molecular flexibility index (Phi) is 5.64. The summed E-state index contributed by atoms with van der Waals surface area (Å²) in [5.41, 5.74) is 15.6. The van der Waals surface area contributed by atoms with E-state index in [1.165, 1.54) is 6.20 Å². The second-order valence-electron chi connectivity index (χ2n) is 6.36. The van der Waals surface area contributed by atoms with Crippen LogP contribution >= 0.6 is 0 Å². The molecule has 2 heterocycles. The first-order chi connectivity index (χ1) is 13.1. The fourth-order valence-electron chi connectivity index (χ4n) is 3.52. The smallest absolute Gasteiger partial charge is 0.336 e. The molecule has 0 saturated carbocycles. The van der Waals surface area contributed by atoms with Crippen molar-refractivity contribution >= 4 is 17.9 Å². The summed E-state index contributed by atoms with van der Waals surface area (Å²) in [4.78, 5) is 17.4. The molecule has 6 nitrogen and oxygen atoms in total. The molecule has 2 aliphatic rings. The molecule has 0 aliphatic carbocycles. The number of hydrogen-bond donors (Lipinski definition) is 2. The van der Waals surface area contributed by atoms with Crippen molar-refractivity contribution in [1.29, 1.82) is 0 Å². The molecule has 1 atom stereocenters. The predicted octanol–water partition coefficient (Wildman–Crippen LogP) is 3.01. The number of amidine groups is 1. The van der Waals surface area contributed by atoms with E-state index in [0.717, 1.165) is 23.3 Å². The second-order valence-corrected chi connectivity index (χ2v) is 6.36. The molecule has 0 saturated heterocycles. The Morgan fingerprint density at radius 1 is 1.41 bits per heavy atom. The highest BCUT2D eigenvalue weighted by Gasteiger charge is 2.37. The van der Waals surface area contributed by atoms with Crippen LogP contribution in [0.4, 0.5) is 0 Å². The Morgan fingerprint density at radius 2 is 2.22 bits per heavy atom. The van der Waals surface area contributed by atoms with Gasteiger partial charge in [0, 0.05) is 22.9 Å². The lowest BCUT2D eigenvalue weighted by Gasteiger charge is -2.30. The van der Waals surface area contributed by atoms with Crippen LogP contribution in [0.25, 0.3) is 6.08 Å². The minimum atomic E-state index is -0.477. The van der Waals surface area contributed by atoms with E-state index in [2.05, 4.69) is 4.99 Å². The molecule has 0 spiro atoms. The van der Waals surface area contributed by atoms with Crippen molar-refractivity contribution in [3.63, 3.8) is 0 Å². The number of fused-ring (bicyclic) bond motifs is 1. The van der Waals surface area contributed by atoms with E-state index in [1.807, 2.05) is 37.3 Å². The number of rotatable bonds is 5. The molecule has 142 valence electrons. The summed E-state index contributed by atoms with van der Waals surface area (Å²) in [6.07, 6.45) is 6.83. The molecule has 0 radical (unpaired) electrons. The van der Waals surface area contributed by atoms with Gasteiger partial charge in [-0.25, -0.2) is 9.79 Å². The normalized spacial score (nSPS) is 20.1. The zero-order chi connectivity index (χ0) is 19.4. The van der Waals surface area contributed by atoms with Gasteiger partial charge in [0.2, 0.25) is 0 Å². The molecular formula is C21H25N3O3. The van der Waals surface area contributed by atoms with Gasteiger partial charge >= 0.3 is 5.97 Å². The van der Waals surface area contributed by atoms with Gasteiger partial charge in [-0.1, -0.05) is 37.6 Å². The summed E-state index contributed by atoms with van der Waals surface area (Å²) in [7, 11) is 0. The molecule has 0 bridgehead atoms. The van der Waals surface area contributed by atoms with Crippen molar-refractivity contribution in [3.8, 4) is 5.75 Å². The van der Waals surface area contributed by atoms with E-state index < -0.39 is 11.9 Å². The fraction of sp³-hybridized carbons (Fsp3) is 0.333. The average Bonchev–Trinajstić information content (AvgIpc) is 2.67. The number of ether oxygens (including phenoxy) is 2. The summed E-state index contributed by atoms with van der Waals surface area (Å²) in [5, 5.41) is 0. The standard InChI is InChI=1S/C21H25N3O3/c1-3-7-16-18(21(25)26-4-2)17(15(12-22)20(23)24-16)14-10-5-8-13-9-6-11-27-19(13)14/h5-6,8-10,12,17H,3-4,7,11,22H2,1-2H3,(H2,23,24)/b15-12-. The summed E-state index contributed by atoms with van der Waals surface area (Å²) in [6.45, 7) is 4.57. The van der Waals surface area contributed by atoms with Crippen LogP contribution in [0.1, 0.15) is 43.7 Å². The topological polar surface area (TPSA) is 99.9 Å². The van der Waals surface area contributed by atoms with Crippen LogP contribution in [-0.4, -0.2) is 25.0 Å². The van der Waals surface area contributed by atoms with Gasteiger partial charge in [-0.3, -0.25) is 0 Å². The number of nitrogens with two attached hydrogens (primary N) is 2. The molecule has 1 aromatic carbocycles. The lowest BCUT2D eigenvalue weighted by atomic mass is 9.79. The second kappa shape index (κ2) is 8.12. The number of aliphatic imine (C=N–C) groups is 1. The van der Waals surface area contributed by atoms with Crippen molar-refractivity contribution < 1.29 is 14.3 Å². The molecule has 0 fully saturated rings. The quantitative estimate of drug-likeness (QED) is 0.779. The summed E-state index contributed by atoms with van der Waals surface area (Å²) < 4.78 is 11.3. The molecule has 0 aromatic heterocycles. The van der Waals surface area contributed by atoms with Gasteiger partial charge in [0.05, 0.1) is 23.8 Å². The van der Waals surface area contributed by atoms with Gasteiger partial charge in [0.15, 0.2) is 0 Å². The predicted molar refractivity (Wildman–Crippen MR) is 106 cm³/mol. The molecule has 27 heavy (non-hydrogen) atoms. The highest BCUT2D eigenvalue weighted by molar-refractivity contribution is 6.06. The van der Waals surface area contributed by atoms with E-state index in [1.54, 1.807) is 6.92 Å². The molecule has 2 aliphatic heterocycles. The van der Waals surface area contributed by atoms with Crippen molar-refractivity contribution in [2.75, 3.05) is 13.2 Å². The summed E-state index contributed by atoms with van der Waals surface area (Å²) in [5.74, 6) is 0.180. The van der Waals surface area contributed by atoms with Gasteiger partial charge in [-0.2, -0.15) is 0 Å². The highest BCUT2D eigenvalue weighted by atomic mass is 16.5. The maximum atomic E-state index is 12.9. The fourth-order valence-corrected chi connectivity index (χ4v) is 3.52. The maximum absolute atomic E-state index is 12.9. The molecule has 6 heteroatoms. The number of nitrogens with zero attached hydrogens (tertiary/aromatic N) is 1. The maximum Gasteiger partial charge on any atom is 0.336 e. The Balaban J connectivity index is 2.25. The number of allylic oxidation sites excluding steroid dienone is 1. The number of hydrogen-bond acceptors (Lipinski definition) is 6. The third-order valence-corrected chi connectivity index (χ3v) is 4.63. The van der Waals surface area contributed by atoms with Crippen molar-refractivity contribution in [3.05, 3.63) is 58.4 Å². The number of benzene rings is 1. The zero-order valence-electron chi connectivity index (χ0n) is 15.7. The van der Waals surface area contributed by atoms with Gasteiger partial charge < -0.3 is 20.9 Å². The Hall–Kier alpha value is -3.02. The Bertz CT molecular complexity index is 865. The first-order valence-electron chi connectivity index (χ1n) is 9.21. The number of carbonyl (C=O) groups excluding carboxylic acids is 1. The van der Waals surface area contributed by atoms with E-state index in [4.69, 9.17) is 20.9 Å². The minimum Gasteiger partial charge on any atom is -0.489 e. The summed E-state index contributed by atoms with van der Waals surface area (Å²) in [6, 6.07) is 5.85. The number of carbonyl (C=O) groups is 1. The summed E-state index contributed by atoms with van der Waals surface area (Å²) >= 11 is 0. The van der Waals surface area contributed by atoms with Gasteiger partial charge in [0.25, 0.3) is 0 Å². The molecule has 0 amide bonds. The monoisotopic (exact) mass is 367 g/mol. The lowest BCUT2D eigenvalue weighted by molar-refractivity contribution is -0.138. The van der Waals surface area contributed by atoms with Crippen LogP contribution in [0, 0.1) is 0 Å². The van der Waals surface area contributed by atoms with Crippen LogP contribution in [-0.2, 0) is 9.53 Å². The average molecular weight is 367 g/mol. The number of esters is 1. The van der Waals surface area contributed by atoms with Crippen LogP contribution in [0.5, 0.6) is 5.75 Å². The van der Waals surface area contributed by atoms with E-state index in [9.17, 15) is 4.79 Å². The minimum absolute atomic E-state index is 0.279.